The Kier molecular flexibility index (Phi) is 5.93. The molecule has 19 heavy (non-hydrogen) atoms. The first-order valence-corrected chi connectivity index (χ1v) is 6.25. The van der Waals surface area contributed by atoms with E-state index in [2.05, 4.69) is 0 Å². The molecule has 0 radical (unpaired) electrons. The van der Waals surface area contributed by atoms with E-state index in [1.807, 2.05) is 19.1 Å². The zero-order valence-electron chi connectivity index (χ0n) is 11.9. The van der Waals surface area contributed by atoms with Gasteiger partial charge in [0.1, 0.15) is 11.5 Å². The molecule has 1 aromatic rings. The second-order valence-corrected chi connectivity index (χ2v) is 3.84. The van der Waals surface area contributed by atoms with Gasteiger partial charge in [-0.3, -0.25) is 0 Å². The highest BCUT2D eigenvalue weighted by atomic mass is 16.5. The van der Waals surface area contributed by atoms with Crippen LogP contribution >= 0.6 is 0 Å². The van der Waals surface area contributed by atoms with Gasteiger partial charge in [-0.1, -0.05) is 6.92 Å². The zero-order chi connectivity index (χ0) is 14.3. The van der Waals surface area contributed by atoms with E-state index in [9.17, 15) is 4.79 Å². The lowest BCUT2D eigenvalue weighted by atomic mass is 10.1. The Hall–Kier alpha value is -1.97. The van der Waals surface area contributed by atoms with Crippen LogP contribution in [0.25, 0.3) is 6.08 Å². The van der Waals surface area contributed by atoms with Crippen LogP contribution in [0.15, 0.2) is 18.2 Å². The Balaban J connectivity index is 3.06. The molecule has 0 heterocycles. The molecule has 0 aliphatic rings. The molecule has 4 nitrogen and oxygen atoms in total. The van der Waals surface area contributed by atoms with Crippen LogP contribution in [-0.4, -0.2) is 26.8 Å². The topological polar surface area (TPSA) is 44.8 Å². The number of carbonyl (C=O) groups is 1. The summed E-state index contributed by atoms with van der Waals surface area (Å²) in [6.07, 6.45) is 3.89. The summed E-state index contributed by atoms with van der Waals surface area (Å²) in [4.78, 5) is 11.3. The van der Waals surface area contributed by atoms with E-state index < -0.39 is 0 Å². The fourth-order valence-corrected chi connectivity index (χ4v) is 1.80. The summed E-state index contributed by atoms with van der Waals surface area (Å²) >= 11 is 0. The lowest BCUT2D eigenvalue weighted by molar-refractivity contribution is -0.137. The van der Waals surface area contributed by atoms with Crippen molar-refractivity contribution in [2.75, 3.05) is 20.8 Å². The molecule has 1 aromatic carbocycles. The molecule has 0 spiro atoms. The van der Waals surface area contributed by atoms with E-state index in [4.69, 9.17) is 14.2 Å². The fraction of sp³-hybridized carbons (Fsp3) is 0.400. The van der Waals surface area contributed by atoms with Gasteiger partial charge >= 0.3 is 5.97 Å². The van der Waals surface area contributed by atoms with Gasteiger partial charge in [-0.05, 0) is 37.1 Å². The first kappa shape index (κ1) is 15.1. The standard InChI is InChI=1S/C15H20O4/c1-5-12-13(17-3)9-11(10-14(12)18-4)7-8-15(16)19-6-2/h7-10H,5-6H2,1-4H3. The fourth-order valence-electron chi connectivity index (χ4n) is 1.80. The summed E-state index contributed by atoms with van der Waals surface area (Å²) in [5.41, 5.74) is 1.84. The third-order valence-electron chi connectivity index (χ3n) is 2.68. The molecule has 0 atom stereocenters. The second-order valence-electron chi connectivity index (χ2n) is 3.84. The van der Waals surface area contributed by atoms with Gasteiger partial charge in [-0.2, -0.15) is 0 Å². The van der Waals surface area contributed by atoms with E-state index in [0.29, 0.717) is 6.61 Å². The van der Waals surface area contributed by atoms with Crippen LogP contribution in [0.1, 0.15) is 25.0 Å². The van der Waals surface area contributed by atoms with Gasteiger partial charge in [-0.15, -0.1) is 0 Å². The largest absolute Gasteiger partial charge is 0.496 e. The van der Waals surface area contributed by atoms with Crippen molar-refractivity contribution in [1.82, 2.24) is 0 Å². The summed E-state index contributed by atoms with van der Waals surface area (Å²) < 4.78 is 15.5. The molecule has 0 saturated carbocycles. The Morgan fingerprint density at radius 3 is 2.16 bits per heavy atom. The van der Waals surface area contributed by atoms with Crippen LogP contribution in [0.3, 0.4) is 0 Å². The van der Waals surface area contributed by atoms with Gasteiger partial charge in [0.25, 0.3) is 0 Å². The second kappa shape index (κ2) is 7.46. The molecule has 0 saturated heterocycles. The lowest BCUT2D eigenvalue weighted by Gasteiger charge is -2.12. The monoisotopic (exact) mass is 264 g/mol. The maximum absolute atomic E-state index is 11.3. The van der Waals surface area contributed by atoms with Crippen LogP contribution in [0, 0.1) is 0 Å². The van der Waals surface area contributed by atoms with Crippen molar-refractivity contribution in [3.63, 3.8) is 0 Å². The number of benzene rings is 1. The minimum Gasteiger partial charge on any atom is -0.496 e. The van der Waals surface area contributed by atoms with Crippen molar-refractivity contribution in [2.24, 2.45) is 0 Å². The van der Waals surface area contributed by atoms with Crippen LogP contribution in [0.5, 0.6) is 11.5 Å². The van der Waals surface area contributed by atoms with E-state index in [1.165, 1.54) is 6.08 Å². The predicted octanol–water partition coefficient (Wildman–Crippen LogP) is 2.84. The molecule has 4 heteroatoms. The highest BCUT2D eigenvalue weighted by Gasteiger charge is 2.09. The molecular weight excluding hydrogens is 244 g/mol. The van der Waals surface area contributed by atoms with Gasteiger partial charge in [0.15, 0.2) is 0 Å². The average molecular weight is 264 g/mol. The maximum Gasteiger partial charge on any atom is 0.330 e. The molecule has 0 unspecified atom stereocenters. The van der Waals surface area contributed by atoms with E-state index >= 15 is 0 Å². The number of hydrogen-bond acceptors (Lipinski definition) is 4. The molecule has 104 valence electrons. The number of methoxy groups -OCH3 is 2. The van der Waals surface area contributed by atoms with E-state index in [0.717, 1.165) is 29.0 Å². The van der Waals surface area contributed by atoms with Gasteiger partial charge < -0.3 is 14.2 Å². The highest BCUT2D eigenvalue weighted by Crippen LogP contribution is 2.31. The summed E-state index contributed by atoms with van der Waals surface area (Å²) in [5.74, 6) is 1.15. The molecular formula is C15H20O4. The normalized spacial score (nSPS) is 10.5. The Bertz CT molecular complexity index is 438. The minimum atomic E-state index is -0.361. The highest BCUT2D eigenvalue weighted by molar-refractivity contribution is 5.87. The number of esters is 1. The Labute approximate surface area is 114 Å². The van der Waals surface area contributed by atoms with Crippen molar-refractivity contribution in [1.29, 1.82) is 0 Å². The molecule has 1 rings (SSSR count). The number of hydrogen-bond donors (Lipinski definition) is 0. The van der Waals surface area contributed by atoms with Crippen molar-refractivity contribution < 1.29 is 19.0 Å². The minimum absolute atomic E-state index is 0.361. The molecule has 0 bridgehead atoms. The first-order valence-electron chi connectivity index (χ1n) is 6.25. The lowest BCUT2D eigenvalue weighted by Crippen LogP contribution is -1.99. The van der Waals surface area contributed by atoms with Crippen molar-refractivity contribution >= 4 is 12.0 Å². The van der Waals surface area contributed by atoms with E-state index in [1.54, 1.807) is 27.2 Å². The van der Waals surface area contributed by atoms with Crippen LogP contribution in [0.2, 0.25) is 0 Å². The third-order valence-corrected chi connectivity index (χ3v) is 2.68. The number of rotatable bonds is 6. The Morgan fingerprint density at radius 1 is 1.16 bits per heavy atom. The van der Waals surface area contributed by atoms with Gasteiger partial charge in [-0.25, -0.2) is 4.79 Å². The molecule has 0 aromatic heterocycles. The molecule has 0 N–H and O–H groups in total. The van der Waals surface area contributed by atoms with Crippen LogP contribution in [0.4, 0.5) is 0 Å². The van der Waals surface area contributed by atoms with Crippen molar-refractivity contribution in [2.45, 2.75) is 20.3 Å². The zero-order valence-corrected chi connectivity index (χ0v) is 11.9. The smallest absolute Gasteiger partial charge is 0.330 e. The molecule has 0 amide bonds. The summed E-state index contributed by atoms with van der Waals surface area (Å²) in [5, 5.41) is 0. The molecule has 0 aliphatic carbocycles. The number of ether oxygens (including phenoxy) is 3. The van der Waals surface area contributed by atoms with Crippen molar-refractivity contribution in [3.8, 4) is 11.5 Å². The summed E-state index contributed by atoms with van der Waals surface area (Å²) in [6.45, 7) is 4.17. The predicted molar refractivity (Wildman–Crippen MR) is 74.6 cm³/mol. The quantitative estimate of drug-likeness (QED) is 0.585. The van der Waals surface area contributed by atoms with Gasteiger partial charge in [0, 0.05) is 11.6 Å². The third kappa shape index (κ3) is 4.02. The van der Waals surface area contributed by atoms with Crippen molar-refractivity contribution in [3.05, 3.63) is 29.3 Å². The molecule has 0 fully saturated rings. The van der Waals surface area contributed by atoms with Crippen LogP contribution < -0.4 is 9.47 Å². The van der Waals surface area contributed by atoms with Crippen LogP contribution in [-0.2, 0) is 16.0 Å². The average Bonchev–Trinajstić information content (AvgIpc) is 2.44. The molecule has 0 aliphatic heterocycles. The van der Waals surface area contributed by atoms with E-state index in [-0.39, 0.29) is 5.97 Å². The first-order chi connectivity index (χ1) is 9.15. The van der Waals surface area contributed by atoms with Gasteiger partial charge in [0.05, 0.1) is 20.8 Å². The summed E-state index contributed by atoms with van der Waals surface area (Å²) in [6, 6.07) is 3.74. The Morgan fingerprint density at radius 2 is 1.74 bits per heavy atom. The van der Waals surface area contributed by atoms with Gasteiger partial charge in [0.2, 0.25) is 0 Å². The summed E-state index contributed by atoms with van der Waals surface area (Å²) in [7, 11) is 3.24. The maximum atomic E-state index is 11.3. The SMILES string of the molecule is CCOC(=O)C=Cc1cc(OC)c(CC)c(OC)c1. The number of carbonyl (C=O) groups excluding carboxylic acids is 1.